The largest absolute Gasteiger partial charge is 0.338 e. The first-order valence-electron chi connectivity index (χ1n) is 15.9. The van der Waals surface area contributed by atoms with Crippen LogP contribution < -0.4 is 20.4 Å². The number of hydrogen-bond acceptors (Lipinski definition) is 4. The van der Waals surface area contributed by atoms with Gasteiger partial charge in [0.2, 0.25) is 0 Å². The first kappa shape index (κ1) is 31.3. The van der Waals surface area contributed by atoms with Gasteiger partial charge in [0.05, 0.1) is 0 Å². The summed E-state index contributed by atoms with van der Waals surface area (Å²) >= 11 is 0. The van der Waals surface area contributed by atoms with E-state index in [1.165, 1.54) is 78.1 Å². The van der Waals surface area contributed by atoms with Crippen LogP contribution in [0, 0.1) is 83.1 Å². The maximum atomic E-state index is 3.99. The summed E-state index contributed by atoms with van der Waals surface area (Å²) in [7, 11) is 0. The van der Waals surface area contributed by atoms with Crippen LogP contribution in [0.5, 0.6) is 0 Å². The summed E-state index contributed by atoms with van der Waals surface area (Å²) < 4.78 is 0. The molecule has 5 rings (SSSR count). The maximum absolute atomic E-state index is 3.99. The van der Waals surface area contributed by atoms with Crippen molar-refractivity contribution in [3.63, 3.8) is 0 Å². The van der Waals surface area contributed by atoms with Gasteiger partial charge in [0.15, 0.2) is 11.6 Å². The number of nitrogens with one attached hydrogen (secondary N) is 2. The Morgan fingerprint density at radius 1 is 0.409 bits per heavy atom. The van der Waals surface area contributed by atoms with Crippen molar-refractivity contribution in [3.8, 4) is 0 Å². The zero-order valence-electron chi connectivity index (χ0n) is 28.9. The van der Waals surface area contributed by atoms with E-state index in [2.05, 4.69) is 152 Å². The molecule has 0 amide bonds. The summed E-state index contributed by atoms with van der Waals surface area (Å²) in [6, 6.07) is 18.3. The first-order valence-corrected chi connectivity index (χ1v) is 15.9. The van der Waals surface area contributed by atoms with Gasteiger partial charge in [-0.15, -0.1) is 0 Å². The van der Waals surface area contributed by atoms with E-state index >= 15 is 0 Å². The molecule has 230 valence electrons. The molecular formula is C40H50N4. The molecule has 0 bridgehead atoms. The van der Waals surface area contributed by atoms with Crippen LogP contribution in [-0.4, -0.2) is 13.1 Å². The van der Waals surface area contributed by atoms with E-state index in [1.807, 2.05) is 0 Å². The lowest BCUT2D eigenvalue weighted by Gasteiger charge is -2.33. The lowest BCUT2D eigenvalue weighted by atomic mass is 10.0. The van der Waals surface area contributed by atoms with Gasteiger partial charge >= 0.3 is 0 Å². The molecule has 0 radical (unpaired) electrons. The third-order valence-corrected chi connectivity index (χ3v) is 8.95. The van der Waals surface area contributed by atoms with Crippen molar-refractivity contribution in [2.24, 2.45) is 0 Å². The molecule has 4 aromatic rings. The second kappa shape index (κ2) is 12.1. The Bertz CT molecular complexity index is 1570. The number of anilines is 4. The summed E-state index contributed by atoms with van der Waals surface area (Å²) in [6.45, 7) is 28.3. The molecule has 0 spiro atoms. The molecule has 0 saturated carbocycles. The van der Waals surface area contributed by atoms with E-state index < -0.39 is 0 Å². The SMILES string of the molecule is Cc1cc(C)c(NC(Nc2c(C)cc(C)cc2C)=C2N(c3c(C)cc(C)cc3C)CCN2c2c(C)cc(C)cc2C)c(C)c1. The van der Waals surface area contributed by atoms with Crippen LogP contribution in [0.25, 0.3) is 0 Å². The van der Waals surface area contributed by atoms with E-state index in [0.29, 0.717) is 0 Å². The second-order valence-corrected chi connectivity index (χ2v) is 13.3. The van der Waals surface area contributed by atoms with Gasteiger partial charge in [-0.25, -0.2) is 0 Å². The van der Waals surface area contributed by atoms with Gasteiger partial charge in [0.1, 0.15) is 0 Å². The minimum Gasteiger partial charge on any atom is -0.338 e. The highest BCUT2D eigenvalue weighted by Crippen LogP contribution is 2.40. The number of aryl methyl sites for hydroxylation is 12. The first-order chi connectivity index (χ1) is 20.7. The number of hydrogen-bond donors (Lipinski definition) is 2. The van der Waals surface area contributed by atoms with Crippen molar-refractivity contribution < 1.29 is 0 Å². The third-order valence-electron chi connectivity index (χ3n) is 8.95. The Kier molecular flexibility index (Phi) is 8.57. The predicted octanol–water partition coefficient (Wildman–Crippen LogP) is 10.1. The molecule has 4 nitrogen and oxygen atoms in total. The van der Waals surface area contributed by atoms with Gasteiger partial charge in [-0.2, -0.15) is 0 Å². The molecule has 4 heteroatoms. The zero-order valence-corrected chi connectivity index (χ0v) is 28.9. The molecule has 1 heterocycles. The smallest absolute Gasteiger partial charge is 0.155 e. The van der Waals surface area contributed by atoms with Crippen molar-refractivity contribution in [1.82, 2.24) is 0 Å². The lowest BCUT2D eigenvalue weighted by molar-refractivity contribution is 1.01. The van der Waals surface area contributed by atoms with E-state index in [1.54, 1.807) is 0 Å². The fourth-order valence-corrected chi connectivity index (χ4v) is 7.61. The molecule has 44 heavy (non-hydrogen) atoms. The fraction of sp³-hybridized carbons (Fsp3) is 0.350. The lowest BCUT2D eigenvalue weighted by Crippen LogP contribution is -2.31. The average Bonchev–Trinajstić information content (AvgIpc) is 3.29. The van der Waals surface area contributed by atoms with E-state index in [-0.39, 0.29) is 0 Å². The third kappa shape index (κ3) is 5.95. The van der Waals surface area contributed by atoms with Crippen LogP contribution >= 0.6 is 0 Å². The minimum absolute atomic E-state index is 0.886. The molecule has 0 unspecified atom stereocenters. The van der Waals surface area contributed by atoms with Crippen molar-refractivity contribution in [1.29, 1.82) is 0 Å². The Morgan fingerprint density at radius 2 is 0.659 bits per heavy atom. The van der Waals surface area contributed by atoms with Crippen LogP contribution in [0.15, 0.2) is 60.2 Å². The number of nitrogens with zero attached hydrogens (tertiary/aromatic N) is 2. The highest BCUT2D eigenvalue weighted by Gasteiger charge is 2.34. The molecule has 0 atom stereocenters. The Hall–Kier alpha value is -4.18. The Balaban J connectivity index is 1.84. The molecule has 0 aromatic heterocycles. The van der Waals surface area contributed by atoms with Gasteiger partial charge in [0.25, 0.3) is 0 Å². The van der Waals surface area contributed by atoms with Crippen LogP contribution in [0.1, 0.15) is 66.8 Å². The van der Waals surface area contributed by atoms with Crippen molar-refractivity contribution in [2.75, 3.05) is 33.5 Å². The highest BCUT2D eigenvalue weighted by molar-refractivity contribution is 5.77. The summed E-state index contributed by atoms with van der Waals surface area (Å²) in [4.78, 5) is 5.08. The van der Waals surface area contributed by atoms with Crippen LogP contribution in [0.2, 0.25) is 0 Å². The quantitative estimate of drug-likeness (QED) is 0.235. The van der Waals surface area contributed by atoms with E-state index in [4.69, 9.17) is 0 Å². The van der Waals surface area contributed by atoms with Crippen LogP contribution in [0.3, 0.4) is 0 Å². The van der Waals surface area contributed by atoms with Gasteiger partial charge in [0, 0.05) is 35.8 Å². The summed E-state index contributed by atoms with van der Waals surface area (Å²) in [5.41, 5.74) is 20.1. The van der Waals surface area contributed by atoms with Crippen LogP contribution in [-0.2, 0) is 0 Å². The molecule has 1 saturated heterocycles. The van der Waals surface area contributed by atoms with Gasteiger partial charge in [-0.3, -0.25) is 0 Å². The van der Waals surface area contributed by atoms with E-state index in [9.17, 15) is 0 Å². The Morgan fingerprint density at radius 3 is 0.932 bits per heavy atom. The van der Waals surface area contributed by atoms with Crippen LogP contribution in [0.4, 0.5) is 22.7 Å². The molecule has 2 N–H and O–H groups in total. The zero-order chi connectivity index (χ0) is 32.0. The normalized spacial score (nSPS) is 13.1. The molecule has 1 aliphatic rings. The maximum Gasteiger partial charge on any atom is 0.155 e. The molecule has 1 fully saturated rings. The number of rotatable bonds is 6. The second-order valence-electron chi connectivity index (χ2n) is 13.3. The molecule has 4 aromatic carbocycles. The average molecular weight is 587 g/mol. The Labute approximate surface area is 265 Å². The minimum atomic E-state index is 0.886. The molecular weight excluding hydrogens is 536 g/mol. The van der Waals surface area contributed by atoms with Gasteiger partial charge < -0.3 is 20.4 Å². The van der Waals surface area contributed by atoms with Crippen molar-refractivity contribution in [3.05, 3.63) is 127 Å². The van der Waals surface area contributed by atoms with Crippen molar-refractivity contribution >= 4 is 22.7 Å². The fourth-order valence-electron chi connectivity index (χ4n) is 7.61. The van der Waals surface area contributed by atoms with Crippen molar-refractivity contribution in [2.45, 2.75) is 83.1 Å². The van der Waals surface area contributed by atoms with Gasteiger partial charge in [-0.05, 0) is 128 Å². The monoisotopic (exact) mass is 586 g/mol. The summed E-state index contributed by atoms with van der Waals surface area (Å²) in [5, 5.41) is 7.98. The summed E-state index contributed by atoms with van der Waals surface area (Å²) in [5.74, 6) is 2.14. The molecule has 1 aliphatic heterocycles. The molecule has 0 aliphatic carbocycles. The summed E-state index contributed by atoms with van der Waals surface area (Å²) in [6.07, 6.45) is 0. The van der Waals surface area contributed by atoms with E-state index in [0.717, 1.165) is 36.1 Å². The highest BCUT2D eigenvalue weighted by atomic mass is 15.4. The van der Waals surface area contributed by atoms with Gasteiger partial charge in [-0.1, -0.05) is 70.8 Å². The predicted molar refractivity (Wildman–Crippen MR) is 192 cm³/mol. The topological polar surface area (TPSA) is 30.5 Å². The standard InChI is InChI=1S/C40H50N4/c1-23-15-27(5)35(28(6)16-23)41-39(42-36-29(7)17-24(2)18-30(36)8)40-43(37-31(9)19-25(3)20-32(37)10)13-14-44(40)38-33(11)21-26(4)22-34(38)12/h15-22,41-42H,13-14H2,1-12H3. The number of benzene rings is 4.